The second-order valence-corrected chi connectivity index (χ2v) is 14.0. The Morgan fingerprint density at radius 1 is 0.930 bits per heavy atom. The number of amides is 3. The molecule has 10 heteroatoms. The number of fused-ring (bicyclic) bond motifs is 2. The van der Waals surface area contributed by atoms with Gasteiger partial charge < -0.3 is 5.32 Å². The number of carbonyl (C=O) groups excluding carboxylic acids is 3. The zero-order chi connectivity index (χ0) is 30.6. The van der Waals surface area contributed by atoms with E-state index in [9.17, 15) is 23.6 Å². The Morgan fingerprint density at radius 2 is 1.60 bits per heavy atom. The SMILES string of the molecule is Cc1ccccc1NC(=O)Cn1c2c(sc1=O)C(c1ccc(C(C)(C)C)cc1)C1C(=O)N(c3ccc(F)cc3)C(=O)C1S2. The van der Waals surface area contributed by atoms with Gasteiger partial charge in [0.15, 0.2) is 0 Å². The minimum atomic E-state index is -0.822. The number of rotatable bonds is 5. The molecule has 3 unspecified atom stereocenters. The molecule has 0 saturated carbocycles. The van der Waals surface area contributed by atoms with E-state index in [-0.39, 0.29) is 22.7 Å². The van der Waals surface area contributed by atoms with Crippen LogP contribution in [0.2, 0.25) is 0 Å². The standard InChI is InChI=1S/C33H30FN3O4S2/c1-18-7-5-6-8-23(18)35-24(38)17-36-31-28(43-32(36)41)25(19-9-11-20(12-10-19)33(2,3)4)26-27(42-31)30(40)37(29(26)39)22-15-13-21(34)14-16-22/h5-16,25-27H,17H2,1-4H3,(H,35,38). The van der Waals surface area contributed by atoms with Gasteiger partial charge in [-0.3, -0.25) is 23.7 Å². The zero-order valence-corrected chi connectivity index (χ0v) is 25.7. The van der Waals surface area contributed by atoms with Crippen LogP contribution in [0.1, 0.15) is 48.3 Å². The number of thiazole rings is 1. The first-order valence-electron chi connectivity index (χ1n) is 13.9. The normalized spacial score (nSPS) is 19.7. The summed E-state index contributed by atoms with van der Waals surface area (Å²) in [5.74, 6) is -3.01. The Balaban J connectivity index is 1.42. The summed E-state index contributed by atoms with van der Waals surface area (Å²) in [5, 5.41) is 2.57. The number of para-hydroxylation sites is 1. The lowest BCUT2D eigenvalue weighted by molar-refractivity contribution is -0.122. The molecule has 0 spiro atoms. The Kier molecular flexibility index (Phi) is 7.38. The van der Waals surface area contributed by atoms with E-state index in [2.05, 4.69) is 26.1 Å². The minimum absolute atomic E-state index is 0.0915. The highest BCUT2D eigenvalue weighted by molar-refractivity contribution is 8.00. The van der Waals surface area contributed by atoms with Gasteiger partial charge in [-0.2, -0.15) is 0 Å². The first-order chi connectivity index (χ1) is 20.4. The number of nitrogens with zero attached hydrogens (tertiary/aromatic N) is 2. The van der Waals surface area contributed by atoms with E-state index in [1.807, 2.05) is 49.4 Å². The fourth-order valence-corrected chi connectivity index (χ4v) is 8.47. The van der Waals surface area contributed by atoms with Crippen molar-refractivity contribution >= 4 is 52.2 Å². The van der Waals surface area contributed by atoms with Crippen molar-refractivity contribution in [3.8, 4) is 0 Å². The number of benzene rings is 3. The molecule has 1 saturated heterocycles. The van der Waals surface area contributed by atoms with Crippen LogP contribution in [-0.2, 0) is 26.3 Å². The Bertz CT molecular complexity index is 1810. The van der Waals surface area contributed by atoms with Crippen molar-refractivity contribution in [1.29, 1.82) is 0 Å². The van der Waals surface area contributed by atoms with Gasteiger partial charge in [-0.15, -0.1) is 0 Å². The third kappa shape index (κ3) is 5.23. The molecule has 43 heavy (non-hydrogen) atoms. The maximum absolute atomic E-state index is 14.0. The number of hydrogen-bond donors (Lipinski definition) is 1. The van der Waals surface area contributed by atoms with E-state index in [0.717, 1.165) is 44.7 Å². The molecular weight excluding hydrogens is 586 g/mol. The molecular formula is C33H30FN3O4S2. The smallest absolute Gasteiger partial charge is 0.308 e. The number of imide groups is 1. The topological polar surface area (TPSA) is 88.5 Å². The van der Waals surface area contributed by atoms with Crippen molar-refractivity contribution < 1.29 is 18.8 Å². The summed E-state index contributed by atoms with van der Waals surface area (Å²) in [6.45, 7) is 7.99. The molecule has 3 heterocycles. The largest absolute Gasteiger partial charge is 0.324 e. The predicted octanol–water partition coefficient (Wildman–Crippen LogP) is 6.09. The maximum atomic E-state index is 14.0. The molecule has 0 bridgehead atoms. The quantitative estimate of drug-likeness (QED) is 0.275. The summed E-state index contributed by atoms with van der Waals surface area (Å²) in [7, 11) is 0. The van der Waals surface area contributed by atoms with Gasteiger partial charge >= 0.3 is 4.87 Å². The fourth-order valence-electron chi connectivity index (χ4n) is 5.70. The molecule has 6 rings (SSSR count). The van der Waals surface area contributed by atoms with Crippen molar-refractivity contribution in [2.45, 2.75) is 55.8 Å². The predicted molar refractivity (Wildman–Crippen MR) is 167 cm³/mol. The van der Waals surface area contributed by atoms with E-state index in [1.165, 1.54) is 28.8 Å². The van der Waals surface area contributed by atoms with E-state index in [4.69, 9.17) is 0 Å². The highest BCUT2D eigenvalue weighted by Crippen LogP contribution is 2.54. The summed E-state index contributed by atoms with van der Waals surface area (Å²) in [6, 6.07) is 20.6. The minimum Gasteiger partial charge on any atom is -0.324 e. The molecule has 3 amide bonds. The van der Waals surface area contributed by atoms with Crippen LogP contribution in [-0.4, -0.2) is 27.5 Å². The molecule has 0 radical (unpaired) electrons. The number of carbonyl (C=O) groups is 3. The van der Waals surface area contributed by atoms with E-state index < -0.39 is 34.7 Å². The summed E-state index contributed by atoms with van der Waals surface area (Å²) in [4.78, 5) is 55.8. The van der Waals surface area contributed by atoms with E-state index in [1.54, 1.807) is 6.07 Å². The van der Waals surface area contributed by atoms with Gasteiger partial charge in [0, 0.05) is 16.5 Å². The lowest BCUT2D eigenvalue weighted by Gasteiger charge is -2.31. The van der Waals surface area contributed by atoms with Gasteiger partial charge in [-0.05, 0) is 59.4 Å². The van der Waals surface area contributed by atoms with Crippen LogP contribution < -0.4 is 15.1 Å². The Labute approximate surface area is 256 Å². The second kappa shape index (κ2) is 10.9. The zero-order valence-electron chi connectivity index (χ0n) is 24.1. The summed E-state index contributed by atoms with van der Waals surface area (Å²) in [6.07, 6.45) is 0. The average Bonchev–Trinajstić information content (AvgIpc) is 3.40. The van der Waals surface area contributed by atoms with Gasteiger partial charge in [-0.25, -0.2) is 9.29 Å². The number of hydrogen-bond acceptors (Lipinski definition) is 6. The molecule has 4 aromatic rings. The molecule has 1 N–H and O–H groups in total. The van der Waals surface area contributed by atoms with Gasteiger partial charge in [0.2, 0.25) is 17.7 Å². The Hall–Kier alpha value is -4.02. The molecule has 0 aliphatic carbocycles. The first kappa shape index (κ1) is 29.1. The first-order valence-corrected chi connectivity index (χ1v) is 15.6. The van der Waals surface area contributed by atoms with Crippen molar-refractivity contribution in [3.05, 3.63) is 110 Å². The monoisotopic (exact) mass is 615 g/mol. The molecule has 3 aromatic carbocycles. The molecule has 1 fully saturated rings. The van der Waals surface area contributed by atoms with Gasteiger partial charge in [0.25, 0.3) is 0 Å². The van der Waals surface area contributed by atoms with Crippen LogP contribution in [0, 0.1) is 18.7 Å². The average molecular weight is 616 g/mol. The van der Waals surface area contributed by atoms with Crippen molar-refractivity contribution in [1.82, 2.24) is 4.57 Å². The molecule has 2 aliphatic heterocycles. The molecule has 220 valence electrons. The number of anilines is 2. The van der Waals surface area contributed by atoms with E-state index >= 15 is 0 Å². The van der Waals surface area contributed by atoms with Crippen LogP contribution >= 0.6 is 23.1 Å². The van der Waals surface area contributed by atoms with Crippen LogP contribution in [0.5, 0.6) is 0 Å². The number of thioether (sulfide) groups is 1. The summed E-state index contributed by atoms with van der Waals surface area (Å²) in [5.41, 5.74) is 3.67. The maximum Gasteiger partial charge on any atom is 0.308 e. The van der Waals surface area contributed by atoms with E-state index in [0.29, 0.717) is 21.3 Å². The van der Waals surface area contributed by atoms with Gasteiger partial charge in [0.1, 0.15) is 17.6 Å². The lowest BCUT2D eigenvalue weighted by Crippen LogP contribution is -2.33. The highest BCUT2D eigenvalue weighted by atomic mass is 32.2. The number of nitrogens with one attached hydrogen (secondary N) is 1. The third-order valence-electron chi connectivity index (χ3n) is 7.99. The van der Waals surface area contributed by atoms with Crippen LogP contribution in [0.15, 0.2) is 82.6 Å². The van der Waals surface area contributed by atoms with Crippen LogP contribution in [0.25, 0.3) is 0 Å². The Morgan fingerprint density at radius 3 is 2.26 bits per heavy atom. The van der Waals surface area contributed by atoms with Crippen molar-refractivity contribution in [3.63, 3.8) is 0 Å². The molecule has 7 nitrogen and oxygen atoms in total. The number of aryl methyl sites for hydroxylation is 1. The van der Waals surface area contributed by atoms with Crippen LogP contribution in [0.3, 0.4) is 0 Å². The van der Waals surface area contributed by atoms with Crippen molar-refractivity contribution in [2.75, 3.05) is 10.2 Å². The summed E-state index contributed by atoms with van der Waals surface area (Å²) < 4.78 is 15.1. The highest BCUT2D eigenvalue weighted by Gasteiger charge is 2.56. The number of aromatic nitrogens is 1. The van der Waals surface area contributed by atoms with Gasteiger partial charge in [0.05, 0.1) is 16.6 Å². The third-order valence-corrected chi connectivity index (χ3v) is 10.6. The van der Waals surface area contributed by atoms with Gasteiger partial charge in [-0.1, -0.05) is 86.3 Å². The fraction of sp³-hybridized carbons (Fsp3) is 0.273. The molecule has 1 aromatic heterocycles. The summed E-state index contributed by atoms with van der Waals surface area (Å²) >= 11 is 2.16. The van der Waals surface area contributed by atoms with Crippen LogP contribution in [0.4, 0.5) is 15.8 Å². The van der Waals surface area contributed by atoms with Crippen molar-refractivity contribution in [2.24, 2.45) is 5.92 Å². The molecule has 3 atom stereocenters. The number of halogens is 1. The molecule has 2 aliphatic rings. The lowest BCUT2D eigenvalue weighted by atomic mass is 9.81. The second-order valence-electron chi connectivity index (χ2n) is 11.9.